The van der Waals surface area contributed by atoms with Gasteiger partial charge in [0.1, 0.15) is 24.4 Å². The highest BCUT2D eigenvalue weighted by Crippen LogP contribution is 2.23. The minimum absolute atomic E-state index is 0.173. The second-order valence-corrected chi connectivity index (χ2v) is 20.5. The summed E-state index contributed by atoms with van der Waals surface area (Å²) in [5, 5.41) is 54.4. The molecule has 1 aliphatic heterocycles. The quantitative estimate of drug-likeness (QED) is 0.0261. The Morgan fingerprint density at radius 2 is 0.833 bits per heavy atom. The molecule has 1 saturated heterocycles. The molecule has 0 radical (unpaired) electrons. The van der Waals surface area contributed by atoms with E-state index in [2.05, 4.69) is 19.2 Å². The Hall–Kier alpha value is -1.07. The van der Waals surface area contributed by atoms with Crippen LogP contribution in [0.15, 0.2) is 12.2 Å². The molecule has 0 aliphatic carbocycles. The number of carbonyl (C=O) groups is 1. The molecule has 0 aromatic heterocycles. The van der Waals surface area contributed by atoms with Crippen molar-refractivity contribution in [3.8, 4) is 0 Å². The van der Waals surface area contributed by atoms with E-state index in [1.165, 1.54) is 231 Å². The highest BCUT2D eigenvalue weighted by Gasteiger charge is 2.44. The van der Waals surface area contributed by atoms with E-state index in [4.69, 9.17) is 9.47 Å². The van der Waals surface area contributed by atoms with Crippen molar-refractivity contribution in [2.75, 3.05) is 13.2 Å². The molecule has 9 nitrogen and oxygen atoms in total. The number of hydrogen-bond acceptors (Lipinski definition) is 8. The molecule has 0 aromatic rings. The van der Waals surface area contributed by atoms with Crippen LogP contribution in [-0.2, 0) is 14.3 Å². The lowest BCUT2D eigenvalue weighted by molar-refractivity contribution is -0.302. The van der Waals surface area contributed by atoms with Crippen LogP contribution < -0.4 is 5.32 Å². The molecular formula is C57H111NO8. The smallest absolute Gasteiger partial charge is 0.220 e. The van der Waals surface area contributed by atoms with Crippen molar-refractivity contribution in [1.29, 1.82) is 0 Å². The van der Waals surface area contributed by atoms with Crippen molar-refractivity contribution in [2.45, 2.75) is 333 Å². The molecule has 66 heavy (non-hydrogen) atoms. The zero-order chi connectivity index (χ0) is 48.0. The highest BCUT2D eigenvalue weighted by molar-refractivity contribution is 5.76. The monoisotopic (exact) mass is 938 g/mol. The lowest BCUT2D eigenvalue weighted by atomic mass is 9.99. The third-order valence-electron chi connectivity index (χ3n) is 14.1. The predicted molar refractivity (Wildman–Crippen MR) is 277 cm³/mol. The lowest BCUT2D eigenvalue weighted by Gasteiger charge is -2.40. The van der Waals surface area contributed by atoms with Gasteiger partial charge in [-0.05, 0) is 19.3 Å². The SMILES string of the molecule is CCCCCCCCCCCCCCCCCCCCCCCCCCCCCC/C=C/C(O)C(COC1OC(CO)C(O)C(O)C1O)NC(=O)CCCCCCCCCCCCCCC. The van der Waals surface area contributed by atoms with E-state index >= 15 is 0 Å². The number of allylic oxidation sites excluding steroid dienone is 1. The summed E-state index contributed by atoms with van der Waals surface area (Å²) in [7, 11) is 0. The van der Waals surface area contributed by atoms with Gasteiger partial charge in [0.25, 0.3) is 0 Å². The van der Waals surface area contributed by atoms with Gasteiger partial charge < -0.3 is 40.3 Å². The van der Waals surface area contributed by atoms with Gasteiger partial charge in [0.2, 0.25) is 5.91 Å². The molecule has 7 unspecified atom stereocenters. The van der Waals surface area contributed by atoms with E-state index in [0.29, 0.717) is 6.42 Å². The van der Waals surface area contributed by atoms with Crippen LogP contribution in [0.1, 0.15) is 290 Å². The van der Waals surface area contributed by atoms with Crippen LogP contribution in [0, 0.1) is 0 Å². The summed E-state index contributed by atoms with van der Waals surface area (Å²) in [6.45, 7) is 3.81. The lowest BCUT2D eigenvalue weighted by Crippen LogP contribution is -2.60. The first kappa shape index (κ1) is 62.9. The molecule has 1 fully saturated rings. The maximum Gasteiger partial charge on any atom is 0.220 e. The fraction of sp³-hybridized carbons (Fsp3) is 0.947. The number of amides is 1. The number of aliphatic hydroxyl groups excluding tert-OH is 5. The Balaban J connectivity index is 2.15. The van der Waals surface area contributed by atoms with Crippen LogP contribution in [0.25, 0.3) is 0 Å². The van der Waals surface area contributed by atoms with Gasteiger partial charge in [-0.1, -0.05) is 276 Å². The van der Waals surface area contributed by atoms with E-state index in [1.807, 2.05) is 6.08 Å². The first-order valence-electron chi connectivity index (χ1n) is 28.9. The van der Waals surface area contributed by atoms with Crippen LogP contribution in [-0.4, -0.2) is 87.5 Å². The molecule has 1 heterocycles. The van der Waals surface area contributed by atoms with Crippen molar-refractivity contribution in [3.63, 3.8) is 0 Å². The summed E-state index contributed by atoms with van der Waals surface area (Å²) >= 11 is 0. The minimum Gasteiger partial charge on any atom is -0.394 e. The van der Waals surface area contributed by atoms with E-state index in [0.717, 1.165) is 38.5 Å². The van der Waals surface area contributed by atoms with Crippen molar-refractivity contribution < 1.29 is 39.8 Å². The van der Waals surface area contributed by atoms with Crippen LogP contribution in [0.5, 0.6) is 0 Å². The molecule has 9 heteroatoms. The molecule has 1 amide bonds. The number of hydrogen-bond donors (Lipinski definition) is 6. The van der Waals surface area contributed by atoms with Gasteiger partial charge in [0.05, 0.1) is 25.4 Å². The van der Waals surface area contributed by atoms with Gasteiger partial charge in [-0.15, -0.1) is 0 Å². The molecule has 0 bridgehead atoms. The maximum absolute atomic E-state index is 13.0. The molecule has 0 aromatic carbocycles. The highest BCUT2D eigenvalue weighted by atomic mass is 16.7. The minimum atomic E-state index is -1.56. The molecule has 0 spiro atoms. The zero-order valence-corrected chi connectivity index (χ0v) is 43.5. The molecular weight excluding hydrogens is 827 g/mol. The summed E-state index contributed by atoms with van der Waals surface area (Å²) in [6, 6.07) is -0.799. The maximum atomic E-state index is 13.0. The molecule has 7 atom stereocenters. The Kier molecular flexibility index (Phi) is 45.4. The average molecular weight is 939 g/mol. The largest absolute Gasteiger partial charge is 0.394 e. The number of nitrogens with one attached hydrogen (secondary N) is 1. The average Bonchev–Trinajstić information content (AvgIpc) is 3.32. The normalized spacial score (nSPS) is 19.8. The standard InChI is InChI=1S/C57H111NO8/c1-3-5-7-9-11-13-15-17-18-19-20-21-22-23-24-25-26-27-28-29-30-31-32-33-35-36-38-40-42-44-46-51(60)50(49-65-57-56(64)55(63)54(62)52(48-59)66-57)58-53(61)47-45-43-41-39-37-34-16-14-12-10-8-6-4-2/h44,46,50-52,54-57,59-60,62-64H,3-43,45,47-49H2,1-2H3,(H,58,61)/b46-44+. The second kappa shape index (κ2) is 47.6. The Labute approximate surface area is 407 Å². The predicted octanol–water partition coefficient (Wildman–Crippen LogP) is 14.0. The number of rotatable bonds is 50. The van der Waals surface area contributed by atoms with Gasteiger partial charge in [-0.2, -0.15) is 0 Å². The van der Waals surface area contributed by atoms with Crippen molar-refractivity contribution in [2.24, 2.45) is 0 Å². The van der Waals surface area contributed by atoms with Crippen LogP contribution >= 0.6 is 0 Å². The van der Waals surface area contributed by atoms with Gasteiger partial charge in [-0.25, -0.2) is 0 Å². The second-order valence-electron chi connectivity index (χ2n) is 20.5. The van der Waals surface area contributed by atoms with E-state index in [9.17, 15) is 30.3 Å². The third-order valence-corrected chi connectivity index (χ3v) is 14.1. The summed E-state index contributed by atoms with van der Waals surface area (Å²) in [5.41, 5.74) is 0. The fourth-order valence-electron chi connectivity index (χ4n) is 9.51. The molecule has 1 rings (SSSR count). The summed E-state index contributed by atoms with van der Waals surface area (Å²) in [5.74, 6) is -0.173. The Bertz CT molecular complexity index is 1040. The number of carbonyl (C=O) groups excluding carboxylic acids is 1. The topological polar surface area (TPSA) is 149 Å². The van der Waals surface area contributed by atoms with Gasteiger partial charge >= 0.3 is 0 Å². The van der Waals surface area contributed by atoms with Crippen LogP contribution in [0.2, 0.25) is 0 Å². The first-order valence-corrected chi connectivity index (χ1v) is 28.9. The Morgan fingerprint density at radius 3 is 1.18 bits per heavy atom. The van der Waals surface area contributed by atoms with Gasteiger partial charge in [-0.3, -0.25) is 4.79 Å². The number of unbranched alkanes of at least 4 members (excludes halogenated alkanes) is 40. The fourth-order valence-corrected chi connectivity index (χ4v) is 9.51. The number of ether oxygens (including phenoxy) is 2. The van der Waals surface area contributed by atoms with Crippen molar-refractivity contribution in [1.82, 2.24) is 5.32 Å². The number of aliphatic hydroxyl groups is 5. The first-order chi connectivity index (χ1) is 32.3. The van der Waals surface area contributed by atoms with Gasteiger partial charge in [0.15, 0.2) is 6.29 Å². The van der Waals surface area contributed by atoms with E-state index in [-0.39, 0.29) is 12.5 Å². The van der Waals surface area contributed by atoms with Crippen molar-refractivity contribution in [3.05, 3.63) is 12.2 Å². The van der Waals surface area contributed by atoms with E-state index < -0.39 is 49.5 Å². The molecule has 392 valence electrons. The Morgan fingerprint density at radius 1 is 0.500 bits per heavy atom. The summed E-state index contributed by atoms with van der Waals surface area (Å²) < 4.78 is 11.3. The zero-order valence-electron chi connectivity index (χ0n) is 43.5. The summed E-state index contributed by atoms with van der Waals surface area (Å²) in [6.07, 6.45) is 51.5. The van der Waals surface area contributed by atoms with Gasteiger partial charge in [0, 0.05) is 6.42 Å². The van der Waals surface area contributed by atoms with Crippen LogP contribution in [0.4, 0.5) is 0 Å². The summed E-state index contributed by atoms with van der Waals surface area (Å²) in [4.78, 5) is 13.0. The van der Waals surface area contributed by atoms with Crippen molar-refractivity contribution >= 4 is 5.91 Å². The molecule has 6 N–H and O–H groups in total. The molecule has 0 saturated carbocycles. The van der Waals surface area contributed by atoms with E-state index in [1.54, 1.807) is 6.08 Å². The third kappa shape index (κ3) is 36.9. The molecule has 1 aliphatic rings. The van der Waals surface area contributed by atoms with Crippen LogP contribution in [0.3, 0.4) is 0 Å².